The minimum absolute atomic E-state index is 0.0809. The summed E-state index contributed by atoms with van der Waals surface area (Å²) in [6.07, 6.45) is 0. The summed E-state index contributed by atoms with van der Waals surface area (Å²) in [6.45, 7) is 3.53. The Kier molecular flexibility index (Phi) is 3.89. The van der Waals surface area contributed by atoms with E-state index in [2.05, 4.69) is 0 Å². The topological polar surface area (TPSA) is 89.7 Å². The van der Waals surface area contributed by atoms with Crippen LogP contribution >= 0.6 is 0 Å². The van der Waals surface area contributed by atoms with Crippen LogP contribution in [-0.4, -0.2) is 16.0 Å². The lowest BCUT2D eigenvalue weighted by Gasteiger charge is -2.11. The van der Waals surface area contributed by atoms with Crippen LogP contribution in [0.4, 0.5) is 5.69 Å². The molecule has 0 amide bonds. The first-order valence-electron chi connectivity index (χ1n) is 6.15. The zero-order valence-corrected chi connectivity index (χ0v) is 11.5. The van der Waals surface area contributed by atoms with Gasteiger partial charge in [-0.05, 0) is 43.2 Å². The van der Waals surface area contributed by atoms with Gasteiger partial charge >= 0.3 is 5.97 Å². The molecule has 1 N–H and O–H groups in total. The lowest BCUT2D eigenvalue weighted by atomic mass is 10.1. The normalized spacial score (nSPS) is 10.2. The predicted octanol–water partition coefficient (Wildman–Crippen LogP) is 3.70. The number of aryl methyl sites for hydroxylation is 2. The van der Waals surface area contributed by atoms with Crippen LogP contribution in [0, 0.1) is 24.0 Å². The van der Waals surface area contributed by atoms with Crippen LogP contribution in [0.1, 0.15) is 21.5 Å². The van der Waals surface area contributed by atoms with E-state index >= 15 is 0 Å². The molecule has 0 spiro atoms. The highest BCUT2D eigenvalue weighted by Gasteiger charge is 2.13. The summed E-state index contributed by atoms with van der Waals surface area (Å²) in [5.41, 5.74) is 1.48. The van der Waals surface area contributed by atoms with Gasteiger partial charge in [-0.25, -0.2) is 4.79 Å². The fourth-order valence-corrected chi connectivity index (χ4v) is 1.77. The number of aromatic carboxylic acids is 1. The Balaban J connectivity index is 2.42. The molecule has 0 saturated heterocycles. The van der Waals surface area contributed by atoms with E-state index in [0.717, 1.165) is 11.1 Å². The molecule has 2 rings (SSSR count). The molecule has 0 aliphatic heterocycles. The highest BCUT2D eigenvalue weighted by atomic mass is 16.6. The van der Waals surface area contributed by atoms with E-state index in [9.17, 15) is 14.9 Å². The highest BCUT2D eigenvalue weighted by Crippen LogP contribution is 2.31. The van der Waals surface area contributed by atoms with Crippen molar-refractivity contribution < 1.29 is 19.6 Å². The van der Waals surface area contributed by atoms with Crippen molar-refractivity contribution in [3.05, 3.63) is 63.2 Å². The van der Waals surface area contributed by atoms with Crippen LogP contribution < -0.4 is 4.74 Å². The lowest BCUT2D eigenvalue weighted by molar-refractivity contribution is -0.384. The molecule has 21 heavy (non-hydrogen) atoms. The molecule has 0 aliphatic rings. The molecule has 6 heteroatoms. The number of carboxylic acid groups (broad SMARTS) is 1. The van der Waals surface area contributed by atoms with Crippen LogP contribution in [0.2, 0.25) is 0 Å². The van der Waals surface area contributed by atoms with Crippen molar-refractivity contribution in [1.29, 1.82) is 0 Å². The van der Waals surface area contributed by atoms with Gasteiger partial charge in [0.05, 0.1) is 16.6 Å². The molecular weight excluding hydrogens is 274 g/mol. The fraction of sp³-hybridized carbons (Fsp3) is 0.133. The number of benzene rings is 2. The number of hydrogen-bond acceptors (Lipinski definition) is 4. The maximum atomic E-state index is 11.0. The van der Waals surface area contributed by atoms with Gasteiger partial charge in [0, 0.05) is 6.07 Å². The summed E-state index contributed by atoms with van der Waals surface area (Å²) in [5, 5.41) is 19.8. The summed E-state index contributed by atoms with van der Waals surface area (Å²) in [6, 6.07) is 8.81. The van der Waals surface area contributed by atoms with Crippen molar-refractivity contribution in [3.63, 3.8) is 0 Å². The molecule has 0 bridgehead atoms. The third-order valence-corrected chi connectivity index (χ3v) is 3.04. The zero-order chi connectivity index (χ0) is 15.6. The van der Waals surface area contributed by atoms with Crippen LogP contribution in [0.5, 0.6) is 11.5 Å². The molecule has 0 fully saturated rings. The molecule has 0 atom stereocenters. The molecule has 2 aromatic carbocycles. The summed E-state index contributed by atoms with van der Waals surface area (Å²) in [5.74, 6) is -0.371. The van der Waals surface area contributed by atoms with Crippen LogP contribution in [-0.2, 0) is 0 Å². The Hall–Kier alpha value is -2.89. The van der Waals surface area contributed by atoms with E-state index in [-0.39, 0.29) is 11.3 Å². The van der Waals surface area contributed by atoms with Crippen LogP contribution in [0.3, 0.4) is 0 Å². The first-order valence-corrected chi connectivity index (χ1v) is 6.15. The SMILES string of the molecule is Cc1ccc(C(=O)O)cc1Oc1cc([N+](=O)[O-])ccc1C. The van der Waals surface area contributed by atoms with E-state index in [1.807, 2.05) is 0 Å². The van der Waals surface area contributed by atoms with Crippen LogP contribution in [0.25, 0.3) is 0 Å². The van der Waals surface area contributed by atoms with Crippen molar-refractivity contribution in [2.75, 3.05) is 0 Å². The molecule has 108 valence electrons. The standard InChI is InChI=1S/C15H13NO5/c1-9-3-5-11(15(17)18)7-13(9)21-14-8-12(16(19)20)6-4-10(14)2/h3-8H,1-2H3,(H,17,18). The van der Waals surface area contributed by atoms with Gasteiger partial charge in [0.2, 0.25) is 0 Å². The van der Waals surface area contributed by atoms with Crippen molar-refractivity contribution in [2.24, 2.45) is 0 Å². The number of carboxylic acids is 1. The first-order chi connectivity index (χ1) is 9.88. The van der Waals surface area contributed by atoms with Gasteiger partial charge in [0.1, 0.15) is 11.5 Å². The monoisotopic (exact) mass is 287 g/mol. The molecule has 6 nitrogen and oxygen atoms in total. The Bertz CT molecular complexity index is 662. The van der Waals surface area contributed by atoms with Crippen molar-refractivity contribution in [2.45, 2.75) is 13.8 Å². The number of non-ortho nitro benzene ring substituents is 1. The van der Waals surface area contributed by atoms with Crippen LogP contribution in [0.15, 0.2) is 36.4 Å². The second kappa shape index (κ2) is 5.62. The minimum Gasteiger partial charge on any atom is -0.478 e. The molecule has 0 unspecified atom stereocenters. The predicted molar refractivity (Wildman–Crippen MR) is 76.0 cm³/mol. The van der Waals surface area contributed by atoms with Gasteiger partial charge in [-0.2, -0.15) is 0 Å². The van der Waals surface area contributed by atoms with Crippen molar-refractivity contribution >= 4 is 11.7 Å². The van der Waals surface area contributed by atoms with Gasteiger partial charge in [0.25, 0.3) is 5.69 Å². The largest absolute Gasteiger partial charge is 0.478 e. The Labute approximate surface area is 120 Å². The number of nitro groups is 1. The summed E-state index contributed by atoms with van der Waals surface area (Å²) in [4.78, 5) is 21.3. The molecule has 0 aromatic heterocycles. The summed E-state index contributed by atoms with van der Waals surface area (Å²) in [7, 11) is 0. The van der Waals surface area contributed by atoms with Crippen molar-refractivity contribution in [3.8, 4) is 11.5 Å². The Morgan fingerprint density at radius 2 is 1.67 bits per heavy atom. The highest BCUT2D eigenvalue weighted by molar-refractivity contribution is 5.88. The average molecular weight is 287 g/mol. The summed E-state index contributed by atoms with van der Waals surface area (Å²) < 4.78 is 5.65. The molecular formula is C15H13NO5. The number of carbonyl (C=O) groups is 1. The van der Waals surface area contributed by atoms with E-state index in [1.165, 1.54) is 24.3 Å². The minimum atomic E-state index is -1.06. The summed E-state index contributed by atoms with van der Waals surface area (Å²) >= 11 is 0. The molecule has 0 radical (unpaired) electrons. The van der Waals surface area contributed by atoms with Gasteiger partial charge in [0.15, 0.2) is 0 Å². The smallest absolute Gasteiger partial charge is 0.335 e. The van der Waals surface area contributed by atoms with Gasteiger partial charge in [-0.3, -0.25) is 10.1 Å². The van der Waals surface area contributed by atoms with E-state index < -0.39 is 10.9 Å². The van der Waals surface area contributed by atoms with Gasteiger partial charge < -0.3 is 9.84 Å². The molecule has 0 aliphatic carbocycles. The van der Waals surface area contributed by atoms with Gasteiger partial charge in [-0.1, -0.05) is 6.07 Å². The van der Waals surface area contributed by atoms with E-state index in [4.69, 9.17) is 9.84 Å². The first kappa shape index (κ1) is 14.5. The van der Waals surface area contributed by atoms with E-state index in [1.54, 1.807) is 26.0 Å². The van der Waals surface area contributed by atoms with E-state index in [0.29, 0.717) is 11.5 Å². The Morgan fingerprint density at radius 1 is 1.10 bits per heavy atom. The van der Waals surface area contributed by atoms with Gasteiger partial charge in [-0.15, -0.1) is 0 Å². The second-order valence-electron chi connectivity index (χ2n) is 4.59. The Morgan fingerprint density at radius 3 is 2.24 bits per heavy atom. The second-order valence-corrected chi connectivity index (χ2v) is 4.59. The molecule has 2 aromatic rings. The number of rotatable bonds is 4. The molecule has 0 saturated carbocycles. The average Bonchev–Trinajstić information content (AvgIpc) is 2.43. The third kappa shape index (κ3) is 3.17. The third-order valence-electron chi connectivity index (χ3n) is 3.04. The maximum Gasteiger partial charge on any atom is 0.335 e. The van der Waals surface area contributed by atoms with Crippen molar-refractivity contribution in [1.82, 2.24) is 0 Å². The maximum absolute atomic E-state index is 11.0. The number of nitro benzene ring substituents is 1. The zero-order valence-electron chi connectivity index (χ0n) is 11.5. The number of hydrogen-bond donors (Lipinski definition) is 1. The number of ether oxygens (including phenoxy) is 1. The number of nitrogens with zero attached hydrogens (tertiary/aromatic N) is 1. The quantitative estimate of drug-likeness (QED) is 0.684. The molecule has 0 heterocycles. The fourth-order valence-electron chi connectivity index (χ4n) is 1.77. The lowest BCUT2D eigenvalue weighted by Crippen LogP contribution is -1.98.